The molecule has 0 amide bonds. The molecule has 0 spiro atoms. The van der Waals surface area contributed by atoms with Gasteiger partial charge in [0.15, 0.2) is 11.6 Å². The predicted molar refractivity (Wildman–Crippen MR) is 121 cm³/mol. The first-order valence-electron chi connectivity index (χ1n) is 10.0. The molecule has 32 heavy (non-hydrogen) atoms. The molecule has 3 rings (SSSR count). The second kappa shape index (κ2) is 10.7. The van der Waals surface area contributed by atoms with Crippen molar-refractivity contribution in [3.05, 3.63) is 89.2 Å². The molecule has 2 unspecified atom stereocenters. The highest BCUT2D eigenvalue weighted by Crippen LogP contribution is 2.30. The Kier molecular flexibility index (Phi) is 7.69. The van der Waals surface area contributed by atoms with Crippen LogP contribution in [-0.2, 0) is 9.53 Å². The molecule has 0 bridgehead atoms. The first kappa shape index (κ1) is 23.1. The Balaban J connectivity index is 1.79. The Bertz CT molecular complexity index is 1120. The highest BCUT2D eigenvalue weighted by Gasteiger charge is 2.28. The number of carbonyl (C=O) groups is 1. The van der Waals surface area contributed by atoms with E-state index < -0.39 is 23.9 Å². The van der Waals surface area contributed by atoms with Crippen molar-refractivity contribution in [3.8, 4) is 17.6 Å². The molecule has 164 valence electrons. The first-order chi connectivity index (χ1) is 15.4. The number of nitriles is 1. The van der Waals surface area contributed by atoms with Gasteiger partial charge >= 0.3 is 5.97 Å². The number of halogens is 2. The maximum absolute atomic E-state index is 14.3. The van der Waals surface area contributed by atoms with Crippen molar-refractivity contribution in [2.45, 2.75) is 26.0 Å². The average Bonchev–Trinajstić information content (AvgIpc) is 2.78. The smallest absolute Gasteiger partial charge is 0.330 e. The van der Waals surface area contributed by atoms with E-state index in [4.69, 9.17) is 21.1 Å². The van der Waals surface area contributed by atoms with E-state index in [1.807, 2.05) is 26.0 Å². The number of nitrogens with one attached hydrogen (secondary N) is 1. The molecule has 0 heterocycles. The Morgan fingerprint density at radius 2 is 1.75 bits per heavy atom. The summed E-state index contributed by atoms with van der Waals surface area (Å²) in [6.45, 7) is 3.70. The molecule has 0 saturated heterocycles. The van der Waals surface area contributed by atoms with Gasteiger partial charge in [-0.25, -0.2) is 9.18 Å². The van der Waals surface area contributed by atoms with Gasteiger partial charge in [0.2, 0.25) is 6.10 Å². The van der Waals surface area contributed by atoms with Crippen molar-refractivity contribution < 1.29 is 18.7 Å². The van der Waals surface area contributed by atoms with Crippen LogP contribution in [0.15, 0.2) is 72.8 Å². The number of benzene rings is 3. The Morgan fingerprint density at radius 1 is 1.06 bits per heavy atom. The number of rotatable bonds is 8. The van der Waals surface area contributed by atoms with Gasteiger partial charge in [0.25, 0.3) is 0 Å². The summed E-state index contributed by atoms with van der Waals surface area (Å²) in [6, 6.07) is 20.9. The number of nitrogens with zero attached hydrogens (tertiary/aromatic N) is 1. The fraction of sp³-hybridized carbons (Fsp3) is 0.200. The molecule has 2 atom stereocenters. The second-order valence-electron chi connectivity index (χ2n) is 7.40. The molecule has 0 fully saturated rings. The van der Waals surface area contributed by atoms with Gasteiger partial charge in [-0.15, -0.1) is 0 Å². The molecular formula is C25H22ClFN2O3. The minimum atomic E-state index is -1.24. The zero-order chi connectivity index (χ0) is 23.1. The molecule has 0 aliphatic rings. The first-order valence-corrected chi connectivity index (χ1v) is 10.4. The highest BCUT2D eigenvalue weighted by molar-refractivity contribution is 6.33. The Morgan fingerprint density at radius 3 is 2.41 bits per heavy atom. The third kappa shape index (κ3) is 5.77. The minimum absolute atomic E-state index is 0.0698. The summed E-state index contributed by atoms with van der Waals surface area (Å²) in [4.78, 5) is 12.9. The third-order valence-electron chi connectivity index (χ3n) is 4.69. The molecule has 0 radical (unpaired) electrons. The van der Waals surface area contributed by atoms with E-state index in [9.17, 15) is 14.4 Å². The van der Waals surface area contributed by atoms with Gasteiger partial charge in [-0.05, 0) is 42.3 Å². The lowest BCUT2D eigenvalue weighted by Gasteiger charge is -2.24. The molecule has 0 aliphatic heterocycles. The van der Waals surface area contributed by atoms with E-state index in [-0.39, 0.29) is 11.7 Å². The van der Waals surface area contributed by atoms with Crippen LogP contribution < -0.4 is 10.1 Å². The van der Waals surface area contributed by atoms with Crippen LogP contribution in [0.1, 0.15) is 25.5 Å². The fourth-order valence-electron chi connectivity index (χ4n) is 2.98. The summed E-state index contributed by atoms with van der Waals surface area (Å²) in [5, 5.41) is 13.2. The topological polar surface area (TPSA) is 71.3 Å². The molecule has 3 aromatic rings. The van der Waals surface area contributed by atoms with E-state index in [1.165, 1.54) is 18.2 Å². The van der Waals surface area contributed by atoms with Crippen LogP contribution in [-0.4, -0.2) is 12.0 Å². The Hall–Kier alpha value is -3.56. The van der Waals surface area contributed by atoms with Crippen molar-refractivity contribution in [3.63, 3.8) is 0 Å². The largest absolute Gasteiger partial charge is 0.454 e. The number of ether oxygens (including phenoxy) is 2. The Labute approximate surface area is 191 Å². The van der Waals surface area contributed by atoms with Crippen LogP contribution in [0.2, 0.25) is 5.02 Å². The van der Waals surface area contributed by atoms with Crippen LogP contribution in [0.25, 0.3) is 0 Å². The van der Waals surface area contributed by atoms with E-state index in [2.05, 4.69) is 5.32 Å². The fourth-order valence-corrected chi connectivity index (χ4v) is 3.17. The lowest BCUT2D eigenvalue weighted by molar-refractivity contribution is -0.148. The van der Waals surface area contributed by atoms with Crippen molar-refractivity contribution >= 4 is 23.3 Å². The van der Waals surface area contributed by atoms with Gasteiger partial charge in [0.05, 0.1) is 10.7 Å². The van der Waals surface area contributed by atoms with Crippen LogP contribution in [0.4, 0.5) is 10.1 Å². The van der Waals surface area contributed by atoms with Gasteiger partial charge in [-0.1, -0.05) is 61.8 Å². The lowest BCUT2D eigenvalue weighted by atomic mass is 10.0. The van der Waals surface area contributed by atoms with Crippen LogP contribution in [0.3, 0.4) is 0 Å². The standard InChI is InChI=1S/C25H22ClFN2O3/c1-16(2)24(29-21-11-7-6-10-19(21)26)25(30)32-23(15-28)17-12-13-20(27)22(14-17)31-18-8-4-3-5-9-18/h3-14,16,23-24,29H,1-2H3. The van der Waals surface area contributed by atoms with Crippen molar-refractivity contribution in [1.29, 1.82) is 5.26 Å². The zero-order valence-electron chi connectivity index (χ0n) is 17.6. The number of hydrogen-bond acceptors (Lipinski definition) is 5. The molecule has 7 heteroatoms. The van der Waals surface area contributed by atoms with Gasteiger partial charge in [-0.3, -0.25) is 0 Å². The second-order valence-corrected chi connectivity index (χ2v) is 7.80. The SMILES string of the molecule is CC(C)C(Nc1ccccc1Cl)C(=O)OC(C#N)c1ccc(F)c(Oc2ccccc2)c1. The molecule has 0 saturated carbocycles. The van der Waals surface area contributed by atoms with E-state index >= 15 is 0 Å². The molecule has 5 nitrogen and oxygen atoms in total. The zero-order valence-corrected chi connectivity index (χ0v) is 18.3. The van der Waals surface area contributed by atoms with Crippen molar-refractivity contribution in [2.24, 2.45) is 5.92 Å². The number of carbonyl (C=O) groups excluding carboxylic acids is 1. The summed E-state index contributed by atoms with van der Waals surface area (Å²) in [5.41, 5.74) is 0.882. The maximum atomic E-state index is 14.3. The maximum Gasteiger partial charge on any atom is 0.330 e. The summed E-state index contributed by atoms with van der Waals surface area (Å²) in [5.74, 6) is -0.997. The minimum Gasteiger partial charge on any atom is -0.454 e. The summed E-state index contributed by atoms with van der Waals surface area (Å²) < 4.78 is 25.3. The van der Waals surface area contributed by atoms with Gasteiger partial charge in [0, 0.05) is 5.56 Å². The normalized spacial score (nSPS) is 12.5. The molecule has 1 N–H and O–H groups in total. The van der Waals surface area contributed by atoms with Crippen LogP contribution in [0, 0.1) is 23.1 Å². The number of para-hydroxylation sites is 2. The molecular weight excluding hydrogens is 431 g/mol. The van der Waals surface area contributed by atoms with Gasteiger partial charge in [0.1, 0.15) is 17.9 Å². The molecule has 0 aromatic heterocycles. The highest BCUT2D eigenvalue weighted by atomic mass is 35.5. The molecule has 0 aliphatic carbocycles. The van der Waals surface area contributed by atoms with E-state index in [1.54, 1.807) is 48.5 Å². The van der Waals surface area contributed by atoms with E-state index in [0.717, 1.165) is 0 Å². The summed E-state index contributed by atoms with van der Waals surface area (Å²) in [6.07, 6.45) is -1.24. The van der Waals surface area contributed by atoms with Crippen LogP contribution >= 0.6 is 11.6 Å². The number of esters is 1. The van der Waals surface area contributed by atoms with Crippen molar-refractivity contribution in [2.75, 3.05) is 5.32 Å². The molecule has 3 aromatic carbocycles. The predicted octanol–water partition coefficient (Wildman–Crippen LogP) is 6.52. The lowest BCUT2D eigenvalue weighted by Crippen LogP contribution is -2.36. The summed E-state index contributed by atoms with van der Waals surface area (Å²) in [7, 11) is 0. The average molecular weight is 453 g/mol. The van der Waals surface area contributed by atoms with Gasteiger partial charge in [-0.2, -0.15) is 5.26 Å². The van der Waals surface area contributed by atoms with Crippen LogP contribution in [0.5, 0.6) is 11.5 Å². The van der Waals surface area contributed by atoms with Gasteiger partial charge < -0.3 is 14.8 Å². The van der Waals surface area contributed by atoms with Crippen molar-refractivity contribution in [1.82, 2.24) is 0 Å². The quantitative estimate of drug-likeness (QED) is 0.394. The summed E-state index contributed by atoms with van der Waals surface area (Å²) >= 11 is 6.19. The number of anilines is 1. The monoisotopic (exact) mass is 452 g/mol. The van der Waals surface area contributed by atoms with E-state index in [0.29, 0.717) is 22.0 Å². The number of hydrogen-bond donors (Lipinski definition) is 1. The third-order valence-corrected chi connectivity index (χ3v) is 5.02.